The molecule has 0 amide bonds. The van der Waals surface area contributed by atoms with E-state index in [4.69, 9.17) is 16.3 Å². The summed E-state index contributed by atoms with van der Waals surface area (Å²) in [5.74, 6) is 0.894. The largest absolute Gasteiger partial charge is 0.491 e. The van der Waals surface area contributed by atoms with Crippen molar-refractivity contribution in [1.29, 1.82) is 0 Å². The second-order valence-electron chi connectivity index (χ2n) is 4.93. The van der Waals surface area contributed by atoms with E-state index >= 15 is 0 Å². The van der Waals surface area contributed by atoms with E-state index in [1.54, 1.807) is 6.07 Å². The van der Waals surface area contributed by atoms with E-state index in [0.29, 0.717) is 5.15 Å². The number of hydrogen-bond donors (Lipinski definition) is 1. The highest BCUT2D eigenvalue weighted by Crippen LogP contribution is 2.19. The number of nitrogens with zero attached hydrogens (tertiary/aromatic N) is 1. The summed E-state index contributed by atoms with van der Waals surface area (Å²) in [7, 11) is 0. The summed E-state index contributed by atoms with van der Waals surface area (Å²) < 4.78 is 5.69. The van der Waals surface area contributed by atoms with E-state index < -0.39 is 0 Å². The van der Waals surface area contributed by atoms with E-state index in [1.807, 2.05) is 45.0 Å². The maximum Gasteiger partial charge on any atom is 0.129 e. The SMILES string of the molecule is Cc1nc(Cl)ccc1NCc1cccc(OC(C)C)c1. The lowest BCUT2D eigenvalue weighted by Gasteiger charge is -2.12. The van der Waals surface area contributed by atoms with Crippen molar-refractivity contribution >= 4 is 17.3 Å². The number of aryl methyl sites for hydroxylation is 1. The summed E-state index contributed by atoms with van der Waals surface area (Å²) >= 11 is 5.85. The van der Waals surface area contributed by atoms with Crippen molar-refractivity contribution < 1.29 is 4.74 Å². The highest BCUT2D eigenvalue weighted by atomic mass is 35.5. The van der Waals surface area contributed by atoms with Crippen LogP contribution in [0.4, 0.5) is 5.69 Å². The first kappa shape index (κ1) is 14.7. The Morgan fingerprint density at radius 2 is 2.05 bits per heavy atom. The molecule has 0 saturated heterocycles. The van der Waals surface area contributed by atoms with Crippen molar-refractivity contribution in [3.63, 3.8) is 0 Å². The Hall–Kier alpha value is -1.74. The van der Waals surface area contributed by atoms with E-state index in [2.05, 4.69) is 16.4 Å². The first-order chi connectivity index (χ1) is 9.54. The van der Waals surface area contributed by atoms with Gasteiger partial charge in [0.05, 0.1) is 17.5 Å². The standard InChI is InChI=1S/C16H19ClN2O/c1-11(2)20-14-6-4-5-13(9-14)10-18-15-7-8-16(17)19-12(15)3/h4-9,11,18H,10H2,1-3H3. The molecule has 0 bridgehead atoms. The molecular weight excluding hydrogens is 272 g/mol. The van der Waals surface area contributed by atoms with E-state index in [-0.39, 0.29) is 6.10 Å². The molecular formula is C16H19ClN2O. The van der Waals surface area contributed by atoms with Gasteiger partial charge in [0.25, 0.3) is 0 Å². The van der Waals surface area contributed by atoms with Crippen LogP contribution in [-0.2, 0) is 6.54 Å². The number of pyridine rings is 1. The molecule has 0 aliphatic rings. The number of hydrogen-bond acceptors (Lipinski definition) is 3. The molecule has 1 aromatic heterocycles. The van der Waals surface area contributed by atoms with Crippen LogP contribution in [0.3, 0.4) is 0 Å². The lowest BCUT2D eigenvalue weighted by molar-refractivity contribution is 0.242. The van der Waals surface area contributed by atoms with Crippen LogP contribution in [0.5, 0.6) is 5.75 Å². The van der Waals surface area contributed by atoms with E-state index in [9.17, 15) is 0 Å². The normalized spacial score (nSPS) is 10.7. The van der Waals surface area contributed by atoms with Crippen molar-refractivity contribution in [3.8, 4) is 5.75 Å². The van der Waals surface area contributed by atoms with Crippen LogP contribution in [0.15, 0.2) is 36.4 Å². The van der Waals surface area contributed by atoms with Crippen LogP contribution in [0, 0.1) is 6.92 Å². The molecule has 1 heterocycles. The Labute approximate surface area is 124 Å². The molecule has 0 spiro atoms. The summed E-state index contributed by atoms with van der Waals surface area (Å²) in [6.07, 6.45) is 0.181. The molecule has 1 aromatic carbocycles. The number of rotatable bonds is 5. The fourth-order valence-electron chi connectivity index (χ4n) is 1.92. The summed E-state index contributed by atoms with van der Waals surface area (Å²) in [6, 6.07) is 11.8. The Morgan fingerprint density at radius 1 is 1.25 bits per heavy atom. The van der Waals surface area contributed by atoms with Crippen LogP contribution in [0.1, 0.15) is 25.1 Å². The zero-order valence-electron chi connectivity index (χ0n) is 12.0. The molecule has 4 heteroatoms. The Morgan fingerprint density at radius 3 is 2.75 bits per heavy atom. The topological polar surface area (TPSA) is 34.2 Å². The fourth-order valence-corrected chi connectivity index (χ4v) is 2.11. The minimum Gasteiger partial charge on any atom is -0.491 e. The Balaban J connectivity index is 2.03. The van der Waals surface area contributed by atoms with Crippen LogP contribution in [0.25, 0.3) is 0 Å². The lowest BCUT2D eigenvalue weighted by Crippen LogP contribution is -2.06. The van der Waals surface area contributed by atoms with Gasteiger partial charge in [0.1, 0.15) is 10.9 Å². The van der Waals surface area contributed by atoms with E-state index in [0.717, 1.165) is 29.2 Å². The predicted octanol–water partition coefficient (Wildman–Crippen LogP) is 4.44. The highest BCUT2D eigenvalue weighted by molar-refractivity contribution is 6.29. The number of ether oxygens (including phenoxy) is 1. The third-order valence-electron chi connectivity index (χ3n) is 2.81. The van der Waals surface area contributed by atoms with Crippen molar-refractivity contribution in [2.75, 3.05) is 5.32 Å². The summed E-state index contributed by atoms with van der Waals surface area (Å²) in [5.41, 5.74) is 3.05. The van der Waals surface area contributed by atoms with Crippen molar-refractivity contribution in [2.45, 2.75) is 33.4 Å². The van der Waals surface area contributed by atoms with Gasteiger partial charge in [-0.1, -0.05) is 23.7 Å². The maximum absolute atomic E-state index is 5.85. The van der Waals surface area contributed by atoms with Crippen LogP contribution >= 0.6 is 11.6 Å². The van der Waals surface area contributed by atoms with Gasteiger partial charge in [-0.05, 0) is 50.6 Å². The van der Waals surface area contributed by atoms with Gasteiger partial charge in [-0.3, -0.25) is 0 Å². The van der Waals surface area contributed by atoms with Crippen LogP contribution in [0.2, 0.25) is 5.15 Å². The van der Waals surface area contributed by atoms with E-state index in [1.165, 1.54) is 0 Å². The quantitative estimate of drug-likeness (QED) is 0.827. The molecule has 106 valence electrons. The fraction of sp³-hybridized carbons (Fsp3) is 0.312. The van der Waals surface area contributed by atoms with Gasteiger partial charge < -0.3 is 10.1 Å². The minimum absolute atomic E-state index is 0.181. The third-order valence-corrected chi connectivity index (χ3v) is 3.02. The average Bonchev–Trinajstić information content (AvgIpc) is 2.37. The van der Waals surface area contributed by atoms with Gasteiger partial charge >= 0.3 is 0 Å². The van der Waals surface area contributed by atoms with Gasteiger partial charge in [0.15, 0.2) is 0 Å². The molecule has 0 aliphatic carbocycles. The maximum atomic E-state index is 5.85. The van der Waals surface area contributed by atoms with Gasteiger partial charge in [0.2, 0.25) is 0 Å². The molecule has 0 saturated carbocycles. The average molecular weight is 291 g/mol. The molecule has 0 unspecified atom stereocenters. The van der Waals surface area contributed by atoms with Crippen molar-refractivity contribution in [1.82, 2.24) is 4.98 Å². The summed E-state index contributed by atoms with van der Waals surface area (Å²) in [5, 5.41) is 3.87. The molecule has 0 atom stereocenters. The summed E-state index contributed by atoms with van der Waals surface area (Å²) in [6.45, 7) is 6.70. The Bertz CT molecular complexity index is 584. The lowest BCUT2D eigenvalue weighted by atomic mass is 10.2. The third kappa shape index (κ3) is 4.14. The monoisotopic (exact) mass is 290 g/mol. The Kier molecular flexibility index (Phi) is 4.85. The molecule has 0 radical (unpaired) electrons. The molecule has 2 aromatic rings. The summed E-state index contributed by atoms with van der Waals surface area (Å²) in [4.78, 5) is 4.22. The molecule has 2 rings (SSSR count). The van der Waals surface area contributed by atoms with Gasteiger partial charge in [-0.2, -0.15) is 0 Å². The van der Waals surface area contributed by atoms with Crippen molar-refractivity contribution in [3.05, 3.63) is 52.8 Å². The van der Waals surface area contributed by atoms with Gasteiger partial charge in [0, 0.05) is 6.54 Å². The number of halogens is 1. The first-order valence-corrected chi connectivity index (χ1v) is 7.05. The number of anilines is 1. The highest BCUT2D eigenvalue weighted by Gasteiger charge is 2.02. The van der Waals surface area contributed by atoms with Crippen LogP contribution in [-0.4, -0.2) is 11.1 Å². The first-order valence-electron chi connectivity index (χ1n) is 6.67. The van der Waals surface area contributed by atoms with Crippen LogP contribution < -0.4 is 10.1 Å². The number of benzene rings is 1. The molecule has 0 aliphatic heterocycles. The smallest absolute Gasteiger partial charge is 0.129 e. The zero-order valence-corrected chi connectivity index (χ0v) is 12.7. The van der Waals surface area contributed by atoms with Crippen molar-refractivity contribution in [2.24, 2.45) is 0 Å². The van der Waals surface area contributed by atoms with Gasteiger partial charge in [-0.15, -0.1) is 0 Å². The number of aromatic nitrogens is 1. The number of nitrogens with one attached hydrogen (secondary N) is 1. The zero-order chi connectivity index (χ0) is 14.5. The van der Waals surface area contributed by atoms with Gasteiger partial charge in [-0.25, -0.2) is 4.98 Å². The second kappa shape index (κ2) is 6.62. The second-order valence-corrected chi connectivity index (χ2v) is 5.32. The molecule has 20 heavy (non-hydrogen) atoms. The molecule has 0 fully saturated rings. The minimum atomic E-state index is 0.181. The predicted molar refractivity (Wildman–Crippen MR) is 83.5 cm³/mol. The molecule has 3 nitrogen and oxygen atoms in total. The molecule has 1 N–H and O–H groups in total.